The quantitative estimate of drug-likeness (QED) is 0.574. The molecule has 2 heterocycles. The summed E-state index contributed by atoms with van der Waals surface area (Å²) in [6.07, 6.45) is 3.63. The van der Waals surface area contributed by atoms with Gasteiger partial charge in [0.2, 0.25) is 0 Å². The fourth-order valence-corrected chi connectivity index (χ4v) is 6.19. The predicted octanol–water partition coefficient (Wildman–Crippen LogP) is 5.88. The van der Waals surface area contributed by atoms with Gasteiger partial charge in [-0.25, -0.2) is 9.78 Å². The molecule has 1 spiro atoms. The maximum atomic E-state index is 13.8. The van der Waals surface area contributed by atoms with Crippen LogP contribution in [-0.4, -0.2) is 41.6 Å². The van der Waals surface area contributed by atoms with Crippen molar-refractivity contribution in [3.05, 3.63) is 59.4 Å². The van der Waals surface area contributed by atoms with Gasteiger partial charge in [0.25, 0.3) is 0 Å². The number of alkyl halides is 3. The molecule has 1 N–H and O–H groups in total. The predicted molar refractivity (Wildman–Crippen MR) is 129 cm³/mol. The molecule has 3 aliphatic rings. The van der Waals surface area contributed by atoms with Gasteiger partial charge in [0.05, 0.1) is 24.0 Å². The third kappa shape index (κ3) is 4.20. The van der Waals surface area contributed by atoms with Crippen LogP contribution < -0.4 is 10.2 Å². The highest BCUT2D eigenvalue weighted by Gasteiger charge is 2.54. The Kier molecular flexibility index (Phi) is 6.06. The number of carbonyl (C=O) groups is 1. The fourth-order valence-electron chi connectivity index (χ4n) is 6.19. The SMILES string of the molecule is CN[C@]1(c2ccccc2)CC[C@@]2(CC1)CN(c1cnc(C(F)(F)F)cc1C)C(=O)N2CC1CCC1. The molecule has 2 aliphatic carbocycles. The van der Waals surface area contributed by atoms with Gasteiger partial charge >= 0.3 is 12.2 Å². The minimum absolute atomic E-state index is 0.0989. The molecule has 8 heteroatoms. The van der Waals surface area contributed by atoms with E-state index in [0.717, 1.165) is 51.1 Å². The first-order valence-electron chi connectivity index (χ1n) is 12.5. The van der Waals surface area contributed by atoms with Gasteiger partial charge in [-0.15, -0.1) is 0 Å². The number of carbonyl (C=O) groups excluding carboxylic acids is 1. The van der Waals surface area contributed by atoms with Gasteiger partial charge in [0.15, 0.2) is 0 Å². The molecule has 0 radical (unpaired) electrons. The molecule has 5 rings (SSSR count). The summed E-state index contributed by atoms with van der Waals surface area (Å²) in [4.78, 5) is 21.2. The molecule has 2 saturated carbocycles. The van der Waals surface area contributed by atoms with E-state index in [1.54, 1.807) is 11.8 Å². The van der Waals surface area contributed by atoms with Crippen LogP contribution in [0.15, 0.2) is 42.6 Å². The van der Waals surface area contributed by atoms with Gasteiger partial charge in [0.1, 0.15) is 5.69 Å². The van der Waals surface area contributed by atoms with Gasteiger partial charge in [-0.1, -0.05) is 36.8 Å². The van der Waals surface area contributed by atoms with Crippen LogP contribution in [0.1, 0.15) is 61.8 Å². The summed E-state index contributed by atoms with van der Waals surface area (Å²) < 4.78 is 39.5. The van der Waals surface area contributed by atoms with Crippen molar-refractivity contribution in [1.82, 2.24) is 15.2 Å². The molecule has 2 aromatic rings. The van der Waals surface area contributed by atoms with E-state index < -0.39 is 11.9 Å². The standard InChI is InChI=1S/C27H33F3N4O/c1-19-15-23(27(28,29)30)32-16-22(19)33-18-25(34(24(33)35)17-20-7-6-8-20)11-13-26(31-2,14-12-25)21-9-4-3-5-10-21/h3-5,9-10,15-16,20,31H,6-8,11-14,17-18H2,1-2H3/t25-,26-. The number of halogens is 3. The number of amides is 2. The number of urea groups is 1. The fraction of sp³-hybridized carbons (Fsp3) is 0.556. The van der Waals surface area contributed by atoms with E-state index in [2.05, 4.69) is 39.5 Å². The Morgan fingerprint density at radius 3 is 2.34 bits per heavy atom. The van der Waals surface area contributed by atoms with Crippen LogP contribution in [0.5, 0.6) is 0 Å². The Labute approximate surface area is 204 Å². The Morgan fingerprint density at radius 1 is 1.11 bits per heavy atom. The second-order valence-corrected chi connectivity index (χ2v) is 10.6. The van der Waals surface area contributed by atoms with Crippen molar-refractivity contribution in [3.63, 3.8) is 0 Å². The number of aromatic nitrogens is 1. The number of hydrogen-bond acceptors (Lipinski definition) is 3. The van der Waals surface area contributed by atoms with E-state index in [9.17, 15) is 18.0 Å². The summed E-state index contributed by atoms with van der Waals surface area (Å²) in [5.41, 5.74) is 0.768. The van der Waals surface area contributed by atoms with Crippen LogP contribution in [-0.2, 0) is 11.7 Å². The van der Waals surface area contributed by atoms with E-state index in [1.807, 2.05) is 13.1 Å². The van der Waals surface area contributed by atoms with Crippen LogP contribution in [0.4, 0.5) is 23.7 Å². The van der Waals surface area contributed by atoms with Crippen LogP contribution >= 0.6 is 0 Å². The maximum Gasteiger partial charge on any atom is 0.433 e. The summed E-state index contributed by atoms with van der Waals surface area (Å²) in [6, 6.07) is 11.4. The van der Waals surface area contributed by atoms with Crippen molar-refractivity contribution in [1.29, 1.82) is 0 Å². The maximum absolute atomic E-state index is 13.8. The van der Waals surface area contributed by atoms with Gasteiger partial charge in [-0.05, 0) is 75.6 Å². The lowest BCUT2D eigenvalue weighted by Gasteiger charge is -2.49. The van der Waals surface area contributed by atoms with Gasteiger partial charge < -0.3 is 10.2 Å². The molecule has 1 aliphatic heterocycles. The van der Waals surface area contributed by atoms with Crippen molar-refractivity contribution in [3.8, 4) is 0 Å². The molecule has 0 unspecified atom stereocenters. The third-order valence-electron chi connectivity index (χ3n) is 8.66. The molecule has 1 aromatic carbocycles. The van der Waals surface area contributed by atoms with Gasteiger partial charge in [-0.2, -0.15) is 13.2 Å². The van der Waals surface area contributed by atoms with Crippen LogP contribution in [0.2, 0.25) is 0 Å². The Hall–Kier alpha value is -2.61. The lowest BCUT2D eigenvalue weighted by Crippen LogP contribution is -2.56. The van der Waals surface area contributed by atoms with E-state index in [-0.39, 0.29) is 17.1 Å². The Bertz CT molecular complexity index is 1080. The number of aryl methyl sites for hydroxylation is 1. The minimum atomic E-state index is -4.51. The lowest BCUT2D eigenvalue weighted by molar-refractivity contribution is -0.141. The molecule has 5 nitrogen and oxygen atoms in total. The average Bonchev–Trinajstić information content (AvgIpc) is 3.08. The summed E-state index contributed by atoms with van der Waals surface area (Å²) in [6.45, 7) is 2.84. The second kappa shape index (κ2) is 8.80. The van der Waals surface area contributed by atoms with E-state index in [4.69, 9.17) is 0 Å². The molecule has 35 heavy (non-hydrogen) atoms. The molecule has 1 aromatic heterocycles. The Morgan fingerprint density at radius 2 is 1.80 bits per heavy atom. The molecular formula is C27H33F3N4O. The smallest absolute Gasteiger partial charge is 0.317 e. The number of nitrogens with zero attached hydrogens (tertiary/aromatic N) is 3. The first-order valence-corrected chi connectivity index (χ1v) is 12.5. The number of anilines is 1. The zero-order valence-electron chi connectivity index (χ0n) is 20.4. The van der Waals surface area contributed by atoms with E-state index >= 15 is 0 Å². The number of benzene rings is 1. The zero-order valence-corrected chi connectivity index (χ0v) is 20.4. The molecule has 0 bridgehead atoms. The molecule has 0 atom stereocenters. The molecule has 2 amide bonds. The summed E-state index contributed by atoms with van der Waals surface area (Å²) in [5.74, 6) is 0.507. The summed E-state index contributed by atoms with van der Waals surface area (Å²) in [7, 11) is 2.00. The number of rotatable bonds is 5. The van der Waals surface area contributed by atoms with E-state index in [1.165, 1.54) is 18.2 Å². The number of hydrogen-bond donors (Lipinski definition) is 1. The van der Waals surface area contributed by atoms with E-state index in [0.29, 0.717) is 23.7 Å². The van der Waals surface area contributed by atoms with Crippen molar-refractivity contribution < 1.29 is 18.0 Å². The van der Waals surface area contributed by atoms with Crippen LogP contribution in [0.25, 0.3) is 0 Å². The van der Waals surface area contributed by atoms with Crippen LogP contribution in [0, 0.1) is 12.8 Å². The highest BCUT2D eigenvalue weighted by atomic mass is 19.4. The summed E-state index contributed by atoms with van der Waals surface area (Å²) in [5, 5.41) is 3.57. The highest BCUT2D eigenvalue weighted by Crippen LogP contribution is 2.48. The monoisotopic (exact) mass is 486 g/mol. The largest absolute Gasteiger partial charge is 0.433 e. The third-order valence-corrected chi connectivity index (χ3v) is 8.66. The second-order valence-electron chi connectivity index (χ2n) is 10.6. The summed E-state index contributed by atoms with van der Waals surface area (Å²) >= 11 is 0. The lowest BCUT2D eigenvalue weighted by atomic mass is 9.68. The molecule has 1 saturated heterocycles. The van der Waals surface area contributed by atoms with Gasteiger partial charge in [0, 0.05) is 12.1 Å². The molecule has 3 fully saturated rings. The number of pyridine rings is 1. The zero-order chi connectivity index (χ0) is 24.8. The molecule has 188 valence electrons. The average molecular weight is 487 g/mol. The van der Waals surface area contributed by atoms with Gasteiger partial charge in [-0.3, -0.25) is 4.90 Å². The Balaban J connectivity index is 1.45. The first kappa shape index (κ1) is 24.1. The van der Waals surface area contributed by atoms with Crippen molar-refractivity contribution in [2.45, 2.75) is 69.1 Å². The van der Waals surface area contributed by atoms with Crippen molar-refractivity contribution >= 4 is 11.7 Å². The van der Waals surface area contributed by atoms with Crippen molar-refractivity contribution in [2.24, 2.45) is 5.92 Å². The number of nitrogens with one attached hydrogen (secondary N) is 1. The minimum Gasteiger partial charge on any atom is -0.317 e. The highest BCUT2D eigenvalue weighted by molar-refractivity contribution is 5.96. The topological polar surface area (TPSA) is 48.5 Å². The molecular weight excluding hydrogens is 453 g/mol. The normalized spacial score (nSPS) is 27.5. The van der Waals surface area contributed by atoms with Crippen LogP contribution in [0.3, 0.4) is 0 Å². The van der Waals surface area contributed by atoms with Crippen molar-refractivity contribution in [2.75, 3.05) is 25.0 Å². The first-order chi connectivity index (χ1) is 16.7.